The van der Waals surface area contributed by atoms with Gasteiger partial charge < -0.3 is 10.1 Å². The summed E-state index contributed by atoms with van der Waals surface area (Å²) in [6.07, 6.45) is 6.49. The first-order valence-electron chi connectivity index (χ1n) is 10.8. The molecule has 5 nitrogen and oxygen atoms in total. The highest BCUT2D eigenvalue weighted by atomic mass is 16.5. The van der Waals surface area contributed by atoms with Crippen LogP contribution in [0.25, 0.3) is 11.3 Å². The second kappa shape index (κ2) is 7.63. The van der Waals surface area contributed by atoms with E-state index in [1.54, 1.807) is 0 Å². The van der Waals surface area contributed by atoms with Gasteiger partial charge in [0, 0.05) is 23.1 Å². The lowest BCUT2D eigenvalue weighted by Gasteiger charge is -2.30. The number of amides is 1. The van der Waals surface area contributed by atoms with Crippen LogP contribution in [0.2, 0.25) is 0 Å². The quantitative estimate of drug-likeness (QED) is 0.690. The normalized spacial score (nSPS) is 16.4. The van der Waals surface area contributed by atoms with Gasteiger partial charge in [-0.2, -0.15) is 5.10 Å². The van der Waals surface area contributed by atoms with Gasteiger partial charge in [0.15, 0.2) is 0 Å². The number of fused-ring (bicyclic) bond motifs is 3. The largest absolute Gasteiger partial charge is 0.488 e. The van der Waals surface area contributed by atoms with Crippen LogP contribution in [0.3, 0.4) is 0 Å². The van der Waals surface area contributed by atoms with Crippen molar-refractivity contribution in [1.82, 2.24) is 15.1 Å². The molecule has 5 heteroatoms. The minimum atomic E-state index is 0.00352. The zero-order chi connectivity index (χ0) is 20.6. The molecule has 154 valence electrons. The maximum absolute atomic E-state index is 12.9. The van der Waals surface area contributed by atoms with Crippen molar-refractivity contribution in [3.8, 4) is 17.0 Å². The molecule has 0 radical (unpaired) electrons. The lowest BCUT2D eigenvalue weighted by Crippen LogP contribution is -2.40. The van der Waals surface area contributed by atoms with E-state index in [0.717, 1.165) is 41.0 Å². The molecule has 0 saturated heterocycles. The molecule has 2 aromatic carbocycles. The van der Waals surface area contributed by atoms with Gasteiger partial charge in [-0.25, -0.2) is 0 Å². The smallest absolute Gasteiger partial charge is 0.241 e. The van der Waals surface area contributed by atoms with Crippen molar-refractivity contribution in [2.45, 2.75) is 51.2 Å². The lowest BCUT2D eigenvalue weighted by atomic mass is 9.79. The summed E-state index contributed by atoms with van der Waals surface area (Å²) in [5, 5.41) is 7.71. The number of nitrogens with one attached hydrogen (secondary N) is 1. The van der Waals surface area contributed by atoms with E-state index in [4.69, 9.17) is 4.74 Å². The number of carbonyl (C=O) groups is 1. The van der Waals surface area contributed by atoms with Gasteiger partial charge in [0.2, 0.25) is 5.91 Å². The number of benzene rings is 2. The zero-order valence-electron chi connectivity index (χ0n) is 17.4. The summed E-state index contributed by atoms with van der Waals surface area (Å²) in [6, 6.07) is 16.8. The first-order valence-corrected chi connectivity index (χ1v) is 10.8. The fourth-order valence-corrected chi connectivity index (χ4v) is 4.94. The Morgan fingerprint density at radius 3 is 2.77 bits per heavy atom. The Bertz CT molecular complexity index is 1070. The van der Waals surface area contributed by atoms with Crippen LogP contribution < -0.4 is 10.1 Å². The third kappa shape index (κ3) is 3.38. The van der Waals surface area contributed by atoms with Crippen molar-refractivity contribution in [1.29, 1.82) is 0 Å². The topological polar surface area (TPSA) is 56.2 Å². The molecule has 0 atom stereocenters. The predicted octanol–water partition coefficient (Wildman–Crippen LogP) is 4.38. The van der Waals surface area contributed by atoms with E-state index in [-0.39, 0.29) is 17.9 Å². The van der Waals surface area contributed by atoms with E-state index in [1.807, 2.05) is 23.0 Å². The standard InChI is InChI=1S/C25H27N3O2/c1-18-9-10-22-21(13-18)24-19(16-30-22)14-27-28(24)15-23(29)26-17-25(11-5-6-12-25)20-7-3-2-4-8-20/h2-4,7-10,13-14H,5-6,11-12,15-17H2,1H3,(H,26,29). The zero-order valence-corrected chi connectivity index (χ0v) is 17.4. The van der Waals surface area contributed by atoms with Crippen LogP contribution in [0.15, 0.2) is 54.7 Å². The molecule has 1 amide bonds. The SMILES string of the molecule is Cc1ccc2c(c1)-c1c(cnn1CC(=O)NCC1(c3ccccc3)CCCC1)CO2. The Hall–Kier alpha value is -3.08. The van der Waals surface area contributed by atoms with Crippen LogP contribution in [-0.2, 0) is 23.4 Å². The molecule has 30 heavy (non-hydrogen) atoms. The Balaban J connectivity index is 1.33. The molecule has 1 aliphatic carbocycles. The summed E-state index contributed by atoms with van der Waals surface area (Å²) in [5.74, 6) is 0.855. The molecule has 5 rings (SSSR count). The Labute approximate surface area is 177 Å². The van der Waals surface area contributed by atoms with Gasteiger partial charge in [0.05, 0.1) is 11.9 Å². The summed E-state index contributed by atoms with van der Waals surface area (Å²) >= 11 is 0. The molecule has 2 heterocycles. The van der Waals surface area contributed by atoms with Crippen LogP contribution in [-0.4, -0.2) is 22.2 Å². The number of ether oxygens (including phenoxy) is 1. The number of nitrogens with zero attached hydrogens (tertiary/aromatic N) is 2. The highest BCUT2D eigenvalue weighted by Gasteiger charge is 2.35. The monoisotopic (exact) mass is 401 g/mol. The predicted molar refractivity (Wildman–Crippen MR) is 116 cm³/mol. The molecular formula is C25H27N3O2. The molecule has 1 N–H and O–H groups in total. The molecule has 3 aromatic rings. The summed E-state index contributed by atoms with van der Waals surface area (Å²) in [7, 11) is 0. The molecule has 1 fully saturated rings. The Morgan fingerprint density at radius 1 is 1.17 bits per heavy atom. The van der Waals surface area contributed by atoms with Gasteiger partial charge in [-0.05, 0) is 37.5 Å². The number of rotatable bonds is 5. The Morgan fingerprint density at radius 2 is 1.97 bits per heavy atom. The molecule has 0 bridgehead atoms. The molecular weight excluding hydrogens is 374 g/mol. The van der Waals surface area contributed by atoms with Gasteiger partial charge in [-0.1, -0.05) is 54.8 Å². The number of aryl methyl sites for hydroxylation is 1. The molecule has 1 aromatic heterocycles. The summed E-state index contributed by atoms with van der Waals surface area (Å²) in [5.41, 5.74) is 5.58. The van der Waals surface area contributed by atoms with Crippen molar-refractivity contribution >= 4 is 5.91 Å². The van der Waals surface area contributed by atoms with Crippen LogP contribution in [0.1, 0.15) is 42.4 Å². The highest BCUT2D eigenvalue weighted by molar-refractivity contribution is 5.78. The van der Waals surface area contributed by atoms with Crippen molar-refractivity contribution in [2.75, 3.05) is 6.54 Å². The van der Waals surface area contributed by atoms with E-state index in [1.165, 1.54) is 18.4 Å². The van der Waals surface area contributed by atoms with Crippen LogP contribution in [0.5, 0.6) is 5.75 Å². The van der Waals surface area contributed by atoms with Crippen molar-refractivity contribution in [2.24, 2.45) is 0 Å². The summed E-state index contributed by atoms with van der Waals surface area (Å²) in [6.45, 7) is 3.45. The van der Waals surface area contributed by atoms with E-state index >= 15 is 0 Å². The summed E-state index contributed by atoms with van der Waals surface area (Å²) in [4.78, 5) is 12.9. The molecule has 0 spiro atoms. The molecule has 2 aliphatic rings. The van der Waals surface area contributed by atoms with Crippen LogP contribution >= 0.6 is 0 Å². The van der Waals surface area contributed by atoms with Crippen molar-refractivity contribution < 1.29 is 9.53 Å². The third-order valence-electron chi connectivity index (χ3n) is 6.55. The molecule has 1 saturated carbocycles. The average Bonchev–Trinajstić information content (AvgIpc) is 3.41. The second-order valence-corrected chi connectivity index (χ2v) is 8.59. The van der Waals surface area contributed by atoms with Crippen molar-refractivity contribution in [3.05, 3.63) is 71.4 Å². The van der Waals surface area contributed by atoms with Gasteiger partial charge >= 0.3 is 0 Å². The van der Waals surface area contributed by atoms with E-state index in [9.17, 15) is 4.79 Å². The Kier molecular flexibility index (Phi) is 4.81. The number of hydrogen-bond acceptors (Lipinski definition) is 3. The van der Waals surface area contributed by atoms with E-state index < -0.39 is 0 Å². The number of aromatic nitrogens is 2. The van der Waals surface area contributed by atoms with Gasteiger partial charge in [0.25, 0.3) is 0 Å². The van der Waals surface area contributed by atoms with Gasteiger partial charge in [-0.3, -0.25) is 9.48 Å². The minimum absolute atomic E-state index is 0.00352. The maximum atomic E-state index is 12.9. The fourth-order valence-electron chi connectivity index (χ4n) is 4.94. The van der Waals surface area contributed by atoms with E-state index in [0.29, 0.717) is 13.2 Å². The molecule has 0 unspecified atom stereocenters. The number of hydrogen-bond donors (Lipinski definition) is 1. The first kappa shape index (κ1) is 18.9. The maximum Gasteiger partial charge on any atom is 0.241 e. The summed E-state index contributed by atoms with van der Waals surface area (Å²) < 4.78 is 7.66. The van der Waals surface area contributed by atoms with Crippen molar-refractivity contribution in [3.63, 3.8) is 0 Å². The molecule has 1 aliphatic heterocycles. The van der Waals surface area contributed by atoms with Gasteiger partial charge in [0.1, 0.15) is 18.9 Å². The highest BCUT2D eigenvalue weighted by Crippen LogP contribution is 2.41. The lowest BCUT2D eigenvalue weighted by molar-refractivity contribution is -0.122. The van der Waals surface area contributed by atoms with E-state index in [2.05, 4.69) is 53.7 Å². The van der Waals surface area contributed by atoms with Crippen LogP contribution in [0, 0.1) is 6.92 Å². The minimum Gasteiger partial charge on any atom is -0.488 e. The van der Waals surface area contributed by atoms with Crippen LogP contribution in [0.4, 0.5) is 0 Å². The fraction of sp³-hybridized carbons (Fsp3) is 0.360. The second-order valence-electron chi connectivity index (χ2n) is 8.59. The first-order chi connectivity index (χ1) is 14.6. The third-order valence-corrected chi connectivity index (χ3v) is 6.55. The number of carbonyl (C=O) groups excluding carboxylic acids is 1. The van der Waals surface area contributed by atoms with Gasteiger partial charge in [-0.15, -0.1) is 0 Å². The average molecular weight is 402 g/mol.